The van der Waals surface area contributed by atoms with E-state index in [4.69, 9.17) is 10.8 Å². The average molecular weight is 243 g/mol. The molecule has 0 saturated heterocycles. The van der Waals surface area contributed by atoms with Crippen LogP contribution in [0, 0.1) is 0 Å². The van der Waals surface area contributed by atoms with Gasteiger partial charge in [-0.3, -0.25) is 0 Å². The van der Waals surface area contributed by atoms with Gasteiger partial charge in [0, 0.05) is 11.4 Å². The minimum absolute atomic E-state index is 0.0773. The van der Waals surface area contributed by atoms with Crippen LogP contribution in [0.15, 0.2) is 18.2 Å². The Morgan fingerprint density at radius 1 is 1.44 bits per heavy atom. The first-order valence-corrected chi connectivity index (χ1v) is 5.20. The Hall–Kier alpha value is -1.24. The summed E-state index contributed by atoms with van der Waals surface area (Å²) in [4.78, 5) is 10.8. The molecule has 0 aliphatic heterocycles. The van der Waals surface area contributed by atoms with Gasteiger partial charge in [-0.2, -0.15) is 12.6 Å². The Morgan fingerprint density at radius 3 is 2.56 bits per heavy atom. The number of thiol groups is 1. The number of nitrogens with two attached hydrogens (primary N) is 1. The van der Waals surface area contributed by atoms with Crippen LogP contribution in [0.5, 0.6) is 0 Å². The van der Waals surface area contributed by atoms with Gasteiger partial charge in [0.1, 0.15) is 6.10 Å². The lowest BCUT2D eigenvalue weighted by Gasteiger charge is -2.16. The third-order valence-corrected chi connectivity index (χ3v) is 2.57. The molecule has 0 bridgehead atoms. The normalized spacial score (nSPS) is 14.4. The summed E-state index contributed by atoms with van der Waals surface area (Å²) in [5.74, 6) is -1.10. The van der Waals surface area contributed by atoms with Crippen molar-refractivity contribution in [1.29, 1.82) is 0 Å². The van der Waals surface area contributed by atoms with Crippen molar-refractivity contribution in [3.05, 3.63) is 29.3 Å². The molecule has 6 heteroatoms. The fourth-order valence-electron chi connectivity index (χ4n) is 1.27. The number of hydrogen-bond donors (Lipinski definition) is 5. The van der Waals surface area contributed by atoms with Gasteiger partial charge < -0.3 is 21.1 Å². The Kier molecular flexibility index (Phi) is 4.17. The van der Waals surface area contributed by atoms with E-state index in [0.29, 0.717) is 5.56 Å². The molecule has 0 amide bonds. The highest BCUT2D eigenvalue weighted by atomic mass is 32.1. The number of aromatic carboxylic acids is 1. The zero-order valence-electron chi connectivity index (χ0n) is 8.37. The highest BCUT2D eigenvalue weighted by Gasteiger charge is 2.19. The number of benzene rings is 1. The summed E-state index contributed by atoms with van der Waals surface area (Å²) in [5.41, 5.74) is 5.78. The van der Waals surface area contributed by atoms with Crippen LogP contribution in [-0.2, 0) is 0 Å². The molecule has 2 atom stereocenters. The molecule has 5 N–H and O–H groups in total. The van der Waals surface area contributed by atoms with E-state index in [1.165, 1.54) is 18.2 Å². The largest absolute Gasteiger partial charge is 0.478 e. The Labute approximate surface area is 97.9 Å². The number of anilines is 1. The first-order chi connectivity index (χ1) is 7.47. The highest BCUT2D eigenvalue weighted by Crippen LogP contribution is 2.22. The minimum Gasteiger partial charge on any atom is -0.478 e. The molecular formula is C10H13NO4S. The number of rotatable bonds is 4. The van der Waals surface area contributed by atoms with Gasteiger partial charge in [0.05, 0.1) is 11.7 Å². The second kappa shape index (κ2) is 5.20. The van der Waals surface area contributed by atoms with Gasteiger partial charge in [0.2, 0.25) is 0 Å². The van der Waals surface area contributed by atoms with E-state index in [1.807, 2.05) is 0 Å². The van der Waals surface area contributed by atoms with Crippen molar-refractivity contribution in [3.8, 4) is 0 Å². The molecule has 88 valence electrons. The lowest BCUT2D eigenvalue weighted by molar-refractivity contribution is 0.0336. The van der Waals surface area contributed by atoms with Gasteiger partial charge >= 0.3 is 5.97 Å². The summed E-state index contributed by atoms with van der Waals surface area (Å²) in [6, 6.07) is 4.10. The predicted molar refractivity (Wildman–Crippen MR) is 62.6 cm³/mol. The highest BCUT2D eigenvalue weighted by molar-refractivity contribution is 7.80. The van der Waals surface area contributed by atoms with Gasteiger partial charge in [-0.15, -0.1) is 0 Å². The molecule has 0 radical (unpaired) electrons. The van der Waals surface area contributed by atoms with Gasteiger partial charge in [-0.05, 0) is 17.7 Å². The topological polar surface area (TPSA) is 104 Å². The molecule has 1 aromatic carbocycles. The van der Waals surface area contributed by atoms with Crippen LogP contribution in [0.2, 0.25) is 0 Å². The Bertz CT molecular complexity index is 396. The molecule has 1 rings (SSSR count). The number of carboxylic acid groups (broad SMARTS) is 1. The number of carboxylic acids is 1. The van der Waals surface area contributed by atoms with Crippen LogP contribution in [0.25, 0.3) is 0 Å². The molecule has 1 aromatic rings. The van der Waals surface area contributed by atoms with E-state index in [2.05, 4.69) is 12.6 Å². The fraction of sp³-hybridized carbons (Fsp3) is 0.300. The number of aliphatic hydroxyl groups excluding tert-OH is 2. The van der Waals surface area contributed by atoms with Gasteiger partial charge in [-0.1, -0.05) is 6.07 Å². The molecule has 0 heterocycles. The first kappa shape index (κ1) is 12.8. The van der Waals surface area contributed by atoms with Crippen molar-refractivity contribution >= 4 is 24.3 Å². The molecule has 0 saturated carbocycles. The van der Waals surface area contributed by atoms with Crippen molar-refractivity contribution in [2.24, 2.45) is 0 Å². The summed E-state index contributed by atoms with van der Waals surface area (Å²) < 4.78 is 0. The summed E-state index contributed by atoms with van der Waals surface area (Å²) in [6.45, 7) is 0. The minimum atomic E-state index is -1.17. The van der Waals surface area contributed by atoms with Crippen LogP contribution in [0.3, 0.4) is 0 Å². The average Bonchev–Trinajstić information content (AvgIpc) is 2.27. The van der Waals surface area contributed by atoms with Gasteiger partial charge in [0.25, 0.3) is 0 Å². The van der Waals surface area contributed by atoms with Crippen molar-refractivity contribution < 1.29 is 20.1 Å². The van der Waals surface area contributed by atoms with Crippen molar-refractivity contribution in [1.82, 2.24) is 0 Å². The standard InChI is InChI=1S/C10H13NO4S/c11-7-2-1-5(3-6(7)10(14)15)9(13)8(12)4-16/h1-3,8-9,12-13,16H,4,11H2,(H,14,15). The SMILES string of the molecule is Nc1ccc(C(O)C(O)CS)cc1C(=O)O. The molecule has 0 fully saturated rings. The van der Waals surface area contributed by atoms with E-state index < -0.39 is 18.2 Å². The fourth-order valence-corrected chi connectivity index (χ4v) is 1.46. The Morgan fingerprint density at radius 2 is 2.06 bits per heavy atom. The van der Waals surface area contributed by atoms with Crippen LogP contribution in [-0.4, -0.2) is 33.1 Å². The number of nitrogen functional groups attached to an aromatic ring is 1. The van der Waals surface area contributed by atoms with Crippen LogP contribution < -0.4 is 5.73 Å². The Balaban J connectivity index is 3.07. The quantitative estimate of drug-likeness (QED) is 0.386. The van der Waals surface area contributed by atoms with E-state index in [-0.39, 0.29) is 17.0 Å². The molecule has 0 spiro atoms. The molecule has 16 heavy (non-hydrogen) atoms. The summed E-state index contributed by atoms with van der Waals surface area (Å²) in [5, 5.41) is 27.9. The molecule has 0 aromatic heterocycles. The summed E-state index contributed by atoms with van der Waals surface area (Å²) >= 11 is 3.84. The molecular weight excluding hydrogens is 230 g/mol. The van der Waals surface area contributed by atoms with Crippen LogP contribution in [0.4, 0.5) is 5.69 Å². The second-order valence-corrected chi connectivity index (χ2v) is 3.71. The van der Waals surface area contributed by atoms with Crippen molar-refractivity contribution in [3.63, 3.8) is 0 Å². The maximum Gasteiger partial charge on any atom is 0.337 e. The maximum absolute atomic E-state index is 10.8. The van der Waals surface area contributed by atoms with E-state index in [9.17, 15) is 15.0 Å². The monoisotopic (exact) mass is 243 g/mol. The number of aliphatic hydroxyl groups is 2. The van der Waals surface area contributed by atoms with E-state index in [0.717, 1.165) is 0 Å². The lowest BCUT2D eigenvalue weighted by atomic mass is 10.0. The first-order valence-electron chi connectivity index (χ1n) is 4.57. The molecule has 0 aliphatic rings. The molecule has 2 unspecified atom stereocenters. The van der Waals surface area contributed by atoms with E-state index >= 15 is 0 Å². The zero-order chi connectivity index (χ0) is 12.3. The number of hydrogen-bond acceptors (Lipinski definition) is 5. The third kappa shape index (κ3) is 2.66. The van der Waals surface area contributed by atoms with Crippen LogP contribution in [0.1, 0.15) is 22.0 Å². The van der Waals surface area contributed by atoms with Crippen molar-refractivity contribution in [2.75, 3.05) is 11.5 Å². The van der Waals surface area contributed by atoms with Crippen LogP contribution >= 0.6 is 12.6 Å². The predicted octanol–water partition coefficient (Wildman–Crippen LogP) is 0.291. The lowest BCUT2D eigenvalue weighted by Crippen LogP contribution is -2.20. The van der Waals surface area contributed by atoms with Gasteiger partial charge in [-0.25, -0.2) is 4.79 Å². The van der Waals surface area contributed by atoms with E-state index in [1.54, 1.807) is 0 Å². The maximum atomic E-state index is 10.8. The molecule has 0 aliphatic carbocycles. The zero-order valence-corrected chi connectivity index (χ0v) is 9.26. The third-order valence-electron chi connectivity index (χ3n) is 2.20. The summed E-state index contributed by atoms with van der Waals surface area (Å²) in [7, 11) is 0. The smallest absolute Gasteiger partial charge is 0.337 e. The number of carbonyl (C=O) groups is 1. The summed E-state index contributed by atoms with van der Waals surface area (Å²) in [6.07, 6.45) is -2.22. The second-order valence-electron chi connectivity index (χ2n) is 3.35. The van der Waals surface area contributed by atoms with Gasteiger partial charge in [0.15, 0.2) is 0 Å². The molecule has 5 nitrogen and oxygen atoms in total. The van der Waals surface area contributed by atoms with Crippen molar-refractivity contribution in [2.45, 2.75) is 12.2 Å².